The molecule has 2 fully saturated rings. The molecule has 0 bridgehead atoms. The summed E-state index contributed by atoms with van der Waals surface area (Å²) in [5.74, 6) is 0.817. The third-order valence-corrected chi connectivity index (χ3v) is 4.50. The Kier molecular flexibility index (Phi) is 4.27. The quantitative estimate of drug-likeness (QED) is 0.812. The van der Waals surface area contributed by atoms with Crippen molar-refractivity contribution in [3.05, 3.63) is 0 Å². The van der Waals surface area contributed by atoms with Gasteiger partial charge in [0.1, 0.15) is 5.41 Å². The van der Waals surface area contributed by atoms with Crippen LogP contribution in [0, 0.1) is 22.7 Å². The fraction of sp³-hybridized carbons (Fsp3) is 0.867. The third kappa shape index (κ3) is 3.04. The molecular formula is C15H24N2O. The van der Waals surface area contributed by atoms with E-state index in [1.54, 1.807) is 0 Å². The lowest BCUT2D eigenvalue weighted by atomic mass is 9.74. The summed E-state index contributed by atoms with van der Waals surface area (Å²) < 4.78 is 0. The second kappa shape index (κ2) is 5.73. The van der Waals surface area contributed by atoms with E-state index in [-0.39, 0.29) is 11.9 Å². The van der Waals surface area contributed by atoms with Gasteiger partial charge < -0.3 is 5.32 Å². The minimum absolute atomic E-state index is 0.00259. The van der Waals surface area contributed by atoms with Gasteiger partial charge in [-0.05, 0) is 31.6 Å². The zero-order valence-electron chi connectivity index (χ0n) is 11.4. The average molecular weight is 248 g/mol. The largest absolute Gasteiger partial charge is 0.352 e. The molecule has 1 atom stereocenters. The van der Waals surface area contributed by atoms with Crippen molar-refractivity contribution >= 4 is 5.91 Å². The van der Waals surface area contributed by atoms with Gasteiger partial charge in [0.25, 0.3) is 0 Å². The molecule has 3 nitrogen and oxygen atoms in total. The summed E-state index contributed by atoms with van der Waals surface area (Å²) in [7, 11) is 0. The predicted molar refractivity (Wildman–Crippen MR) is 70.7 cm³/mol. The van der Waals surface area contributed by atoms with Crippen molar-refractivity contribution < 1.29 is 4.79 Å². The Balaban J connectivity index is 1.93. The summed E-state index contributed by atoms with van der Waals surface area (Å²) in [4.78, 5) is 12.4. The predicted octanol–water partition coefficient (Wildman–Crippen LogP) is 3.16. The SMILES string of the molecule is CCC(CC1CC1)NC(=O)C1(C#N)CCCCC1. The summed E-state index contributed by atoms with van der Waals surface area (Å²) in [6, 6.07) is 2.58. The smallest absolute Gasteiger partial charge is 0.240 e. The number of carbonyl (C=O) groups excluding carboxylic acids is 1. The normalized spacial score (nSPS) is 24.0. The highest BCUT2D eigenvalue weighted by molar-refractivity contribution is 5.85. The van der Waals surface area contributed by atoms with Crippen LogP contribution in [-0.2, 0) is 4.79 Å². The third-order valence-electron chi connectivity index (χ3n) is 4.50. The minimum atomic E-state index is -0.727. The average Bonchev–Trinajstić information content (AvgIpc) is 3.22. The van der Waals surface area contributed by atoms with Crippen LogP contribution in [0.4, 0.5) is 0 Å². The molecule has 0 heterocycles. The van der Waals surface area contributed by atoms with Gasteiger partial charge in [-0.1, -0.05) is 39.0 Å². The number of nitrogens with one attached hydrogen (secondary N) is 1. The first-order valence-electron chi connectivity index (χ1n) is 7.42. The van der Waals surface area contributed by atoms with E-state index in [2.05, 4.69) is 18.3 Å². The molecule has 18 heavy (non-hydrogen) atoms. The molecule has 0 aromatic carbocycles. The van der Waals surface area contributed by atoms with Crippen LogP contribution in [0.3, 0.4) is 0 Å². The highest BCUT2D eigenvalue weighted by Crippen LogP contribution is 2.37. The van der Waals surface area contributed by atoms with E-state index in [0.29, 0.717) is 0 Å². The molecule has 2 aliphatic rings. The van der Waals surface area contributed by atoms with Crippen molar-refractivity contribution in [2.45, 2.75) is 70.8 Å². The molecule has 0 saturated heterocycles. The molecule has 0 aromatic heterocycles. The van der Waals surface area contributed by atoms with Crippen molar-refractivity contribution in [3.8, 4) is 6.07 Å². The molecule has 1 amide bonds. The van der Waals surface area contributed by atoms with E-state index in [4.69, 9.17) is 0 Å². The molecular weight excluding hydrogens is 224 g/mol. The Labute approximate surface area is 110 Å². The number of rotatable bonds is 5. The molecule has 2 aliphatic carbocycles. The Morgan fingerprint density at radius 3 is 2.56 bits per heavy atom. The monoisotopic (exact) mass is 248 g/mol. The lowest BCUT2D eigenvalue weighted by Crippen LogP contribution is -2.46. The number of nitriles is 1. The minimum Gasteiger partial charge on any atom is -0.352 e. The van der Waals surface area contributed by atoms with Crippen LogP contribution in [0.2, 0.25) is 0 Å². The van der Waals surface area contributed by atoms with Gasteiger partial charge in [-0.15, -0.1) is 0 Å². The van der Waals surface area contributed by atoms with Crippen molar-refractivity contribution in [2.24, 2.45) is 11.3 Å². The number of carbonyl (C=O) groups is 1. The second-order valence-electron chi connectivity index (χ2n) is 6.01. The van der Waals surface area contributed by atoms with E-state index in [1.807, 2.05) is 0 Å². The highest BCUT2D eigenvalue weighted by Gasteiger charge is 2.40. The standard InChI is InChI=1S/C15H24N2O/c1-2-13(10-12-6-7-12)17-14(18)15(11-16)8-4-3-5-9-15/h12-13H,2-10H2,1H3,(H,17,18). The van der Waals surface area contributed by atoms with Crippen molar-refractivity contribution in [2.75, 3.05) is 0 Å². The van der Waals surface area contributed by atoms with Crippen LogP contribution in [0.25, 0.3) is 0 Å². The zero-order valence-corrected chi connectivity index (χ0v) is 11.4. The molecule has 0 radical (unpaired) electrons. The molecule has 1 N–H and O–H groups in total. The Hall–Kier alpha value is -1.04. The number of hydrogen-bond donors (Lipinski definition) is 1. The van der Waals surface area contributed by atoms with E-state index < -0.39 is 5.41 Å². The first-order chi connectivity index (χ1) is 8.70. The zero-order chi connectivity index (χ0) is 13.0. The van der Waals surface area contributed by atoms with E-state index in [9.17, 15) is 10.1 Å². The highest BCUT2D eigenvalue weighted by atomic mass is 16.2. The summed E-state index contributed by atoms with van der Waals surface area (Å²) >= 11 is 0. The summed E-state index contributed by atoms with van der Waals surface area (Å²) in [6.07, 6.45) is 9.39. The molecule has 100 valence electrons. The first kappa shape index (κ1) is 13.4. The van der Waals surface area contributed by atoms with Crippen LogP contribution in [-0.4, -0.2) is 11.9 Å². The van der Waals surface area contributed by atoms with Gasteiger partial charge in [0.05, 0.1) is 6.07 Å². The molecule has 2 saturated carbocycles. The fourth-order valence-corrected chi connectivity index (χ4v) is 2.95. The van der Waals surface area contributed by atoms with Gasteiger partial charge in [-0.3, -0.25) is 4.79 Å². The van der Waals surface area contributed by atoms with Crippen LogP contribution in [0.15, 0.2) is 0 Å². The maximum absolute atomic E-state index is 12.4. The summed E-state index contributed by atoms with van der Waals surface area (Å²) in [5.41, 5.74) is -0.727. The van der Waals surface area contributed by atoms with Gasteiger partial charge in [0.15, 0.2) is 0 Å². The molecule has 0 aromatic rings. The van der Waals surface area contributed by atoms with Gasteiger partial charge in [0, 0.05) is 6.04 Å². The van der Waals surface area contributed by atoms with Crippen LogP contribution < -0.4 is 5.32 Å². The van der Waals surface area contributed by atoms with Gasteiger partial charge >= 0.3 is 0 Å². The lowest BCUT2D eigenvalue weighted by molar-refractivity contribution is -0.130. The van der Waals surface area contributed by atoms with Gasteiger partial charge in [-0.2, -0.15) is 5.26 Å². The van der Waals surface area contributed by atoms with Crippen LogP contribution in [0.1, 0.15) is 64.7 Å². The Morgan fingerprint density at radius 1 is 1.39 bits per heavy atom. The molecule has 3 heteroatoms. The first-order valence-corrected chi connectivity index (χ1v) is 7.42. The lowest BCUT2D eigenvalue weighted by Gasteiger charge is -2.31. The number of nitrogens with zero attached hydrogens (tertiary/aromatic N) is 1. The van der Waals surface area contributed by atoms with Crippen molar-refractivity contribution in [3.63, 3.8) is 0 Å². The molecule has 0 aliphatic heterocycles. The van der Waals surface area contributed by atoms with Gasteiger partial charge in [0.2, 0.25) is 5.91 Å². The molecule has 0 spiro atoms. The van der Waals surface area contributed by atoms with E-state index in [0.717, 1.165) is 50.9 Å². The van der Waals surface area contributed by atoms with Crippen molar-refractivity contribution in [1.29, 1.82) is 5.26 Å². The Bertz CT molecular complexity index is 335. The second-order valence-corrected chi connectivity index (χ2v) is 6.01. The summed E-state index contributed by atoms with van der Waals surface area (Å²) in [6.45, 7) is 2.12. The summed E-state index contributed by atoms with van der Waals surface area (Å²) in [5, 5.41) is 12.5. The van der Waals surface area contributed by atoms with Crippen LogP contribution in [0.5, 0.6) is 0 Å². The fourth-order valence-electron chi connectivity index (χ4n) is 2.95. The number of amides is 1. The van der Waals surface area contributed by atoms with E-state index in [1.165, 1.54) is 12.8 Å². The maximum Gasteiger partial charge on any atom is 0.240 e. The van der Waals surface area contributed by atoms with Crippen molar-refractivity contribution in [1.82, 2.24) is 5.32 Å². The topological polar surface area (TPSA) is 52.9 Å². The molecule has 2 rings (SSSR count). The van der Waals surface area contributed by atoms with E-state index >= 15 is 0 Å². The van der Waals surface area contributed by atoms with Gasteiger partial charge in [-0.25, -0.2) is 0 Å². The maximum atomic E-state index is 12.4. The van der Waals surface area contributed by atoms with Crippen LogP contribution >= 0.6 is 0 Å². The Morgan fingerprint density at radius 2 is 2.06 bits per heavy atom. The molecule has 1 unspecified atom stereocenters. The number of hydrogen-bond acceptors (Lipinski definition) is 2.